The fraction of sp³-hybridized carbons (Fsp3) is 0.300. The molecule has 1 aromatic carbocycles. The molecule has 1 fully saturated rings. The van der Waals surface area contributed by atoms with Crippen LogP contribution < -0.4 is 10.1 Å². The maximum Gasteiger partial charge on any atom is 0.257 e. The topological polar surface area (TPSA) is 91.8 Å². The molecule has 3 rings (SSSR count). The SMILES string of the molecule is COc1ccc(C)cc1NC(=O)c1cncc(C(=O)N2CCN(C=O)CC2)c1. The van der Waals surface area contributed by atoms with E-state index in [0.29, 0.717) is 43.2 Å². The van der Waals surface area contributed by atoms with Gasteiger partial charge in [-0.05, 0) is 30.7 Å². The lowest BCUT2D eigenvalue weighted by Gasteiger charge is -2.32. The van der Waals surface area contributed by atoms with E-state index in [1.165, 1.54) is 25.6 Å². The van der Waals surface area contributed by atoms with Crippen molar-refractivity contribution in [3.8, 4) is 5.75 Å². The molecule has 1 N–H and O–H groups in total. The molecule has 0 saturated carbocycles. The van der Waals surface area contributed by atoms with Crippen molar-refractivity contribution in [2.75, 3.05) is 38.6 Å². The molecule has 0 unspecified atom stereocenters. The Morgan fingerprint density at radius 1 is 1.11 bits per heavy atom. The monoisotopic (exact) mass is 382 g/mol. The van der Waals surface area contributed by atoms with Crippen molar-refractivity contribution in [1.82, 2.24) is 14.8 Å². The number of carbonyl (C=O) groups excluding carboxylic acids is 3. The fourth-order valence-electron chi connectivity index (χ4n) is 3.01. The van der Waals surface area contributed by atoms with Crippen molar-refractivity contribution in [2.24, 2.45) is 0 Å². The van der Waals surface area contributed by atoms with Crippen LogP contribution in [0.15, 0.2) is 36.7 Å². The first-order valence-electron chi connectivity index (χ1n) is 8.91. The van der Waals surface area contributed by atoms with Crippen LogP contribution in [0.25, 0.3) is 0 Å². The molecular formula is C20H22N4O4. The van der Waals surface area contributed by atoms with Crippen LogP contribution >= 0.6 is 0 Å². The van der Waals surface area contributed by atoms with Gasteiger partial charge in [-0.25, -0.2) is 0 Å². The molecule has 0 spiro atoms. The summed E-state index contributed by atoms with van der Waals surface area (Å²) in [6.45, 7) is 3.81. The summed E-state index contributed by atoms with van der Waals surface area (Å²) in [5, 5.41) is 2.80. The van der Waals surface area contributed by atoms with Gasteiger partial charge in [0.2, 0.25) is 6.41 Å². The number of aryl methyl sites for hydroxylation is 1. The number of hydrogen-bond donors (Lipinski definition) is 1. The van der Waals surface area contributed by atoms with Crippen LogP contribution in [0.3, 0.4) is 0 Å². The third-order valence-electron chi connectivity index (χ3n) is 4.60. The standard InChI is InChI=1S/C20H22N4O4/c1-14-3-4-18(28-2)17(9-14)22-19(26)15-10-16(12-21-11-15)20(27)24-7-5-23(13-25)6-8-24/h3-4,9-13H,5-8H2,1-2H3,(H,22,26). The van der Waals surface area contributed by atoms with E-state index in [1.807, 2.05) is 19.1 Å². The molecule has 1 saturated heterocycles. The van der Waals surface area contributed by atoms with Gasteiger partial charge in [-0.3, -0.25) is 19.4 Å². The number of aromatic nitrogens is 1. The van der Waals surface area contributed by atoms with E-state index in [-0.39, 0.29) is 17.4 Å². The number of nitrogens with zero attached hydrogens (tertiary/aromatic N) is 3. The van der Waals surface area contributed by atoms with Gasteiger partial charge in [-0.2, -0.15) is 0 Å². The summed E-state index contributed by atoms with van der Waals surface area (Å²) in [5.41, 5.74) is 2.14. The first-order chi connectivity index (χ1) is 13.5. The average Bonchev–Trinajstić information content (AvgIpc) is 2.73. The molecule has 0 atom stereocenters. The molecule has 8 nitrogen and oxygen atoms in total. The Morgan fingerprint density at radius 2 is 1.82 bits per heavy atom. The number of rotatable bonds is 5. The van der Waals surface area contributed by atoms with Crippen molar-refractivity contribution < 1.29 is 19.1 Å². The number of ether oxygens (including phenoxy) is 1. The third kappa shape index (κ3) is 4.28. The number of carbonyl (C=O) groups is 3. The van der Waals surface area contributed by atoms with Crippen LogP contribution in [-0.2, 0) is 4.79 Å². The van der Waals surface area contributed by atoms with E-state index in [2.05, 4.69) is 10.3 Å². The molecule has 1 aromatic heterocycles. The van der Waals surface area contributed by atoms with Crippen LogP contribution in [0.2, 0.25) is 0 Å². The number of pyridine rings is 1. The minimum absolute atomic E-state index is 0.208. The van der Waals surface area contributed by atoms with Crippen molar-refractivity contribution in [3.63, 3.8) is 0 Å². The minimum Gasteiger partial charge on any atom is -0.495 e. The van der Waals surface area contributed by atoms with Crippen LogP contribution in [0, 0.1) is 6.92 Å². The molecule has 1 aliphatic heterocycles. The van der Waals surface area contributed by atoms with Gasteiger partial charge in [-0.15, -0.1) is 0 Å². The van der Waals surface area contributed by atoms with Crippen molar-refractivity contribution in [2.45, 2.75) is 6.92 Å². The minimum atomic E-state index is -0.378. The Balaban J connectivity index is 1.74. The van der Waals surface area contributed by atoms with Gasteiger partial charge in [-0.1, -0.05) is 6.07 Å². The largest absolute Gasteiger partial charge is 0.495 e. The van der Waals surface area contributed by atoms with Gasteiger partial charge in [0.25, 0.3) is 11.8 Å². The zero-order valence-corrected chi connectivity index (χ0v) is 15.8. The van der Waals surface area contributed by atoms with E-state index >= 15 is 0 Å². The second-order valence-corrected chi connectivity index (χ2v) is 6.55. The summed E-state index contributed by atoms with van der Waals surface area (Å²) in [5.74, 6) is -0.0372. The van der Waals surface area contributed by atoms with Crippen molar-refractivity contribution in [3.05, 3.63) is 53.3 Å². The molecule has 0 radical (unpaired) electrons. The highest BCUT2D eigenvalue weighted by Crippen LogP contribution is 2.25. The number of nitrogens with one attached hydrogen (secondary N) is 1. The number of hydrogen-bond acceptors (Lipinski definition) is 5. The highest BCUT2D eigenvalue weighted by atomic mass is 16.5. The number of piperazine rings is 1. The predicted molar refractivity (Wildman–Crippen MR) is 103 cm³/mol. The summed E-state index contributed by atoms with van der Waals surface area (Å²) >= 11 is 0. The van der Waals surface area contributed by atoms with E-state index in [9.17, 15) is 14.4 Å². The van der Waals surface area contributed by atoms with Crippen LogP contribution in [0.4, 0.5) is 5.69 Å². The summed E-state index contributed by atoms with van der Waals surface area (Å²) in [4.78, 5) is 43.5. The lowest BCUT2D eigenvalue weighted by molar-refractivity contribution is -0.119. The van der Waals surface area contributed by atoms with E-state index in [1.54, 1.807) is 15.9 Å². The third-order valence-corrected chi connectivity index (χ3v) is 4.60. The van der Waals surface area contributed by atoms with E-state index < -0.39 is 0 Å². The normalized spacial score (nSPS) is 13.8. The zero-order valence-electron chi connectivity index (χ0n) is 15.8. The second-order valence-electron chi connectivity index (χ2n) is 6.55. The Labute approximate surface area is 163 Å². The van der Waals surface area contributed by atoms with Crippen LogP contribution in [0.1, 0.15) is 26.3 Å². The number of anilines is 1. The summed E-state index contributed by atoms with van der Waals surface area (Å²) in [6, 6.07) is 7.01. The predicted octanol–water partition coefficient (Wildman–Crippen LogP) is 1.57. The Bertz CT molecular complexity index is 892. The van der Waals surface area contributed by atoms with E-state index in [4.69, 9.17) is 4.74 Å². The van der Waals surface area contributed by atoms with Crippen LogP contribution in [-0.4, -0.2) is 66.3 Å². The summed E-state index contributed by atoms with van der Waals surface area (Å²) < 4.78 is 5.28. The van der Waals surface area contributed by atoms with Gasteiger partial charge in [0.05, 0.1) is 23.9 Å². The maximum atomic E-state index is 12.7. The Kier molecular flexibility index (Phi) is 5.88. The molecule has 3 amide bonds. The lowest BCUT2D eigenvalue weighted by Crippen LogP contribution is -2.48. The van der Waals surface area contributed by atoms with Gasteiger partial charge < -0.3 is 19.9 Å². The number of benzene rings is 1. The van der Waals surface area contributed by atoms with Gasteiger partial charge in [0.1, 0.15) is 5.75 Å². The maximum absolute atomic E-state index is 12.7. The molecule has 8 heteroatoms. The molecular weight excluding hydrogens is 360 g/mol. The second kappa shape index (κ2) is 8.51. The molecule has 0 aliphatic carbocycles. The molecule has 28 heavy (non-hydrogen) atoms. The Morgan fingerprint density at radius 3 is 2.50 bits per heavy atom. The Hall–Kier alpha value is -3.42. The first kappa shape index (κ1) is 19.3. The number of amides is 3. The van der Waals surface area contributed by atoms with E-state index in [0.717, 1.165) is 12.0 Å². The molecule has 146 valence electrons. The first-order valence-corrected chi connectivity index (χ1v) is 8.91. The molecule has 0 bridgehead atoms. The summed E-state index contributed by atoms with van der Waals surface area (Å²) in [6.07, 6.45) is 3.64. The van der Waals surface area contributed by atoms with Crippen molar-refractivity contribution >= 4 is 23.9 Å². The summed E-state index contributed by atoms with van der Waals surface area (Å²) in [7, 11) is 1.53. The smallest absolute Gasteiger partial charge is 0.257 e. The molecule has 2 heterocycles. The van der Waals surface area contributed by atoms with Gasteiger partial charge in [0.15, 0.2) is 0 Å². The highest BCUT2D eigenvalue weighted by molar-refractivity contribution is 6.06. The van der Waals surface area contributed by atoms with Crippen molar-refractivity contribution in [1.29, 1.82) is 0 Å². The lowest BCUT2D eigenvalue weighted by atomic mass is 10.1. The molecule has 2 aromatic rings. The average molecular weight is 382 g/mol. The zero-order chi connectivity index (χ0) is 20.1. The molecule has 1 aliphatic rings. The fourth-order valence-corrected chi connectivity index (χ4v) is 3.01. The van der Waals surface area contributed by atoms with Gasteiger partial charge in [0, 0.05) is 38.6 Å². The van der Waals surface area contributed by atoms with Crippen LogP contribution in [0.5, 0.6) is 5.75 Å². The highest BCUT2D eigenvalue weighted by Gasteiger charge is 2.22. The quantitative estimate of drug-likeness (QED) is 0.793. The number of methoxy groups -OCH3 is 1. The van der Waals surface area contributed by atoms with Gasteiger partial charge >= 0.3 is 0 Å².